The van der Waals surface area contributed by atoms with E-state index in [2.05, 4.69) is 10.2 Å². The van der Waals surface area contributed by atoms with Crippen LogP contribution in [0.5, 0.6) is 0 Å². The predicted octanol–water partition coefficient (Wildman–Crippen LogP) is 1.95. The van der Waals surface area contributed by atoms with E-state index >= 15 is 0 Å². The van der Waals surface area contributed by atoms with Gasteiger partial charge < -0.3 is 15.3 Å². The fourth-order valence-corrected chi connectivity index (χ4v) is 3.66. The first-order chi connectivity index (χ1) is 9.74. The first-order valence-electron chi connectivity index (χ1n) is 8.43. The summed E-state index contributed by atoms with van der Waals surface area (Å²) < 4.78 is 0. The Hall–Kier alpha value is -0.320. The van der Waals surface area contributed by atoms with E-state index in [1.807, 2.05) is 0 Å². The van der Waals surface area contributed by atoms with Crippen molar-refractivity contribution >= 4 is 18.3 Å². The molecule has 3 aliphatic rings. The number of hydrogen-bond donors (Lipinski definition) is 2. The van der Waals surface area contributed by atoms with Gasteiger partial charge in [0.2, 0.25) is 5.91 Å². The molecule has 3 fully saturated rings. The second-order valence-corrected chi connectivity index (χ2v) is 6.94. The van der Waals surface area contributed by atoms with Crippen LogP contribution in [0.3, 0.4) is 0 Å². The quantitative estimate of drug-likeness (QED) is 0.833. The molecule has 0 radical (unpaired) electrons. The number of rotatable bonds is 4. The van der Waals surface area contributed by atoms with E-state index in [4.69, 9.17) is 0 Å². The summed E-state index contributed by atoms with van der Waals surface area (Å²) in [5, 5.41) is 13.0. The van der Waals surface area contributed by atoms with Crippen molar-refractivity contribution in [3.8, 4) is 0 Å². The normalized spacial score (nSPS) is 33.1. The highest BCUT2D eigenvalue weighted by Crippen LogP contribution is 2.33. The van der Waals surface area contributed by atoms with E-state index in [9.17, 15) is 9.90 Å². The van der Waals surface area contributed by atoms with Gasteiger partial charge in [-0.05, 0) is 63.8 Å². The molecule has 1 amide bonds. The van der Waals surface area contributed by atoms with Crippen molar-refractivity contribution in [2.45, 2.75) is 63.5 Å². The minimum atomic E-state index is -0.138. The topological polar surface area (TPSA) is 52.6 Å². The summed E-state index contributed by atoms with van der Waals surface area (Å²) in [6.07, 6.45) is 8.31. The number of carbonyl (C=O) groups excluding carboxylic acids is 1. The van der Waals surface area contributed by atoms with E-state index in [0.29, 0.717) is 11.9 Å². The Bertz CT molecular complexity index is 335. The second kappa shape index (κ2) is 7.80. The van der Waals surface area contributed by atoms with Gasteiger partial charge in [-0.15, -0.1) is 12.4 Å². The number of carbonyl (C=O) groups is 1. The molecule has 2 N–H and O–H groups in total. The highest BCUT2D eigenvalue weighted by Gasteiger charge is 2.36. The summed E-state index contributed by atoms with van der Waals surface area (Å²) >= 11 is 0. The Kier molecular flexibility index (Phi) is 6.33. The van der Waals surface area contributed by atoms with Gasteiger partial charge in [0.05, 0.1) is 12.0 Å². The van der Waals surface area contributed by atoms with Crippen LogP contribution in [0.4, 0.5) is 0 Å². The van der Waals surface area contributed by atoms with Gasteiger partial charge in [0.15, 0.2) is 0 Å². The van der Waals surface area contributed by atoms with Gasteiger partial charge in [-0.2, -0.15) is 0 Å². The van der Waals surface area contributed by atoms with Crippen LogP contribution in [-0.4, -0.2) is 47.7 Å². The minimum Gasteiger partial charge on any atom is -0.393 e. The molecule has 0 bridgehead atoms. The van der Waals surface area contributed by atoms with Crippen LogP contribution >= 0.6 is 12.4 Å². The number of piperidine rings is 1. The third-order valence-corrected chi connectivity index (χ3v) is 5.19. The van der Waals surface area contributed by atoms with Gasteiger partial charge in [-0.1, -0.05) is 0 Å². The first kappa shape index (κ1) is 17.0. The van der Waals surface area contributed by atoms with Crippen molar-refractivity contribution in [1.82, 2.24) is 10.2 Å². The third kappa shape index (κ3) is 4.57. The monoisotopic (exact) mass is 316 g/mol. The van der Waals surface area contributed by atoms with Gasteiger partial charge >= 0.3 is 0 Å². The van der Waals surface area contributed by atoms with Crippen molar-refractivity contribution in [2.24, 2.45) is 11.8 Å². The summed E-state index contributed by atoms with van der Waals surface area (Å²) in [5.74, 6) is 1.32. The molecule has 21 heavy (non-hydrogen) atoms. The number of hydrogen-bond acceptors (Lipinski definition) is 3. The largest absolute Gasteiger partial charge is 0.393 e. The first-order valence-corrected chi connectivity index (χ1v) is 8.43. The number of aliphatic hydroxyl groups excluding tert-OH is 1. The molecule has 1 aliphatic heterocycles. The maximum Gasteiger partial charge on any atom is 0.227 e. The summed E-state index contributed by atoms with van der Waals surface area (Å²) in [6.45, 7) is 2.88. The van der Waals surface area contributed by atoms with Crippen molar-refractivity contribution in [3.63, 3.8) is 0 Å². The fraction of sp³-hybridized carbons (Fsp3) is 0.938. The lowest BCUT2D eigenvalue weighted by molar-refractivity contribution is -0.140. The average Bonchev–Trinajstić information content (AvgIpc) is 3.30. The van der Waals surface area contributed by atoms with E-state index in [0.717, 1.165) is 64.1 Å². The van der Waals surface area contributed by atoms with Crippen molar-refractivity contribution in [2.75, 3.05) is 19.6 Å². The lowest BCUT2D eigenvalue weighted by Gasteiger charge is -2.38. The van der Waals surface area contributed by atoms with Gasteiger partial charge in [0.1, 0.15) is 0 Å². The molecular weight excluding hydrogens is 288 g/mol. The van der Waals surface area contributed by atoms with Crippen molar-refractivity contribution in [1.29, 1.82) is 0 Å². The highest BCUT2D eigenvalue weighted by atomic mass is 35.5. The lowest BCUT2D eigenvalue weighted by Crippen LogP contribution is -2.49. The van der Waals surface area contributed by atoms with E-state index in [1.54, 1.807) is 0 Å². The molecule has 1 atom stereocenters. The lowest BCUT2D eigenvalue weighted by atomic mass is 9.90. The zero-order valence-electron chi connectivity index (χ0n) is 12.8. The Labute approximate surface area is 134 Å². The number of aliphatic hydroxyl groups is 1. The maximum atomic E-state index is 12.9. The SMILES string of the molecule is Cl.O=C([C@H]1CCCNC1)N(CC1CC1)C1CCC(O)CC1. The van der Waals surface area contributed by atoms with Crippen LogP contribution in [0, 0.1) is 11.8 Å². The minimum absolute atomic E-state index is 0. The number of nitrogens with zero attached hydrogens (tertiary/aromatic N) is 1. The maximum absolute atomic E-state index is 12.9. The summed E-state index contributed by atoms with van der Waals surface area (Å²) in [7, 11) is 0. The van der Waals surface area contributed by atoms with Crippen molar-refractivity contribution < 1.29 is 9.90 Å². The molecule has 1 saturated heterocycles. The highest BCUT2D eigenvalue weighted by molar-refractivity contribution is 5.85. The van der Waals surface area contributed by atoms with E-state index in [1.165, 1.54) is 12.8 Å². The average molecular weight is 317 g/mol. The Morgan fingerprint density at radius 1 is 1.10 bits per heavy atom. The zero-order chi connectivity index (χ0) is 13.9. The molecule has 0 unspecified atom stereocenters. The number of nitrogens with one attached hydrogen (secondary N) is 1. The summed E-state index contributed by atoms with van der Waals surface area (Å²) in [4.78, 5) is 15.1. The summed E-state index contributed by atoms with van der Waals surface area (Å²) in [6, 6.07) is 0.383. The Morgan fingerprint density at radius 2 is 1.81 bits per heavy atom. The molecule has 3 rings (SSSR count). The molecular formula is C16H29ClN2O2. The molecule has 2 aliphatic carbocycles. The molecule has 5 heteroatoms. The molecule has 0 spiro atoms. The zero-order valence-corrected chi connectivity index (χ0v) is 13.6. The molecule has 1 heterocycles. The number of halogens is 1. The molecule has 4 nitrogen and oxygen atoms in total. The van der Waals surface area contributed by atoms with Gasteiger partial charge in [0, 0.05) is 19.1 Å². The number of amides is 1. The fourth-order valence-electron chi connectivity index (χ4n) is 3.66. The van der Waals surface area contributed by atoms with Gasteiger partial charge in [-0.25, -0.2) is 0 Å². The predicted molar refractivity (Wildman–Crippen MR) is 85.5 cm³/mol. The second-order valence-electron chi connectivity index (χ2n) is 6.94. The smallest absolute Gasteiger partial charge is 0.227 e. The molecule has 122 valence electrons. The van der Waals surface area contributed by atoms with E-state index in [-0.39, 0.29) is 24.4 Å². The van der Waals surface area contributed by atoms with Gasteiger partial charge in [0.25, 0.3) is 0 Å². The van der Waals surface area contributed by atoms with Crippen LogP contribution in [0.1, 0.15) is 51.4 Å². The van der Waals surface area contributed by atoms with Crippen LogP contribution < -0.4 is 5.32 Å². The van der Waals surface area contributed by atoms with Crippen LogP contribution in [0.25, 0.3) is 0 Å². The van der Waals surface area contributed by atoms with Crippen LogP contribution in [0.15, 0.2) is 0 Å². The van der Waals surface area contributed by atoms with Gasteiger partial charge in [-0.3, -0.25) is 4.79 Å². The molecule has 2 saturated carbocycles. The van der Waals surface area contributed by atoms with Crippen LogP contribution in [0.2, 0.25) is 0 Å². The van der Waals surface area contributed by atoms with E-state index < -0.39 is 0 Å². The third-order valence-electron chi connectivity index (χ3n) is 5.19. The molecule has 0 aromatic carbocycles. The summed E-state index contributed by atoms with van der Waals surface area (Å²) in [5.41, 5.74) is 0. The standard InChI is InChI=1S/C16H28N2O2.ClH/c19-15-7-5-14(6-8-15)18(11-12-3-4-12)16(20)13-2-1-9-17-10-13;/h12-15,17,19H,1-11H2;1H/t13-,14?,15?;/m0./s1. The Morgan fingerprint density at radius 3 is 2.38 bits per heavy atom. The molecule has 0 aromatic heterocycles. The Balaban J connectivity index is 0.00000161. The molecule has 0 aromatic rings. The van der Waals surface area contributed by atoms with Crippen LogP contribution in [-0.2, 0) is 4.79 Å². The van der Waals surface area contributed by atoms with Crippen molar-refractivity contribution in [3.05, 3.63) is 0 Å².